The summed E-state index contributed by atoms with van der Waals surface area (Å²) in [6.07, 6.45) is 2.53. The molecule has 114 valence electrons. The molecule has 0 saturated heterocycles. The Balaban J connectivity index is 2.19. The third kappa shape index (κ3) is 4.16. The van der Waals surface area contributed by atoms with Crippen molar-refractivity contribution in [2.45, 2.75) is 32.4 Å². The Bertz CT molecular complexity index is 605. The molecule has 21 heavy (non-hydrogen) atoms. The van der Waals surface area contributed by atoms with Gasteiger partial charge in [0.1, 0.15) is 11.3 Å². The van der Waals surface area contributed by atoms with Crippen molar-refractivity contribution in [1.82, 2.24) is 9.88 Å². The highest BCUT2D eigenvalue weighted by Crippen LogP contribution is 2.27. The molecule has 0 aliphatic heterocycles. The Kier molecular flexibility index (Phi) is 4.80. The van der Waals surface area contributed by atoms with E-state index in [1.165, 1.54) is 5.56 Å². The van der Waals surface area contributed by atoms with Crippen LogP contribution in [-0.2, 0) is 6.54 Å². The minimum Gasteiger partial charge on any atom is -0.494 e. The van der Waals surface area contributed by atoms with Crippen LogP contribution in [0.25, 0.3) is 10.9 Å². The summed E-state index contributed by atoms with van der Waals surface area (Å²) in [5, 5.41) is 10.9. The number of rotatable bonds is 6. The van der Waals surface area contributed by atoms with Gasteiger partial charge in [-0.3, -0.25) is 4.98 Å². The fraction of sp³-hybridized carbons (Fsp3) is 0.471. The van der Waals surface area contributed by atoms with Crippen LogP contribution in [0, 0.1) is 0 Å². The lowest BCUT2D eigenvalue weighted by atomic mass is 10.0. The maximum absolute atomic E-state index is 9.82. The zero-order valence-corrected chi connectivity index (χ0v) is 13.3. The fourth-order valence-corrected chi connectivity index (χ4v) is 2.34. The van der Waals surface area contributed by atoms with Gasteiger partial charge in [0.25, 0.3) is 0 Å². The van der Waals surface area contributed by atoms with Gasteiger partial charge in [0.15, 0.2) is 0 Å². The topological polar surface area (TPSA) is 45.6 Å². The molecule has 2 rings (SSSR count). The van der Waals surface area contributed by atoms with E-state index >= 15 is 0 Å². The number of aliphatic hydroxyl groups is 1. The van der Waals surface area contributed by atoms with E-state index in [1.807, 2.05) is 26.0 Å². The molecule has 4 nitrogen and oxygen atoms in total. The first-order chi connectivity index (χ1) is 9.90. The molecule has 1 aromatic carbocycles. The first kappa shape index (κ1) is 15.7. The minimum atomic E-state index is -0.627. The number of pyridine rings is 1. The first-order valence-electron chi connectivity index (χ1n) is 7.22. The van der Waals surface area contributed by atoms with Crippen molar-refractivity contribution in [1.29, 1.82) is 0 Å². The summed E-state index contributed by atoms with van der Waals surface area (Å²) in [6, 6.07) is 8.07. The number of hydrogen-bond acceptors (Lipinski definition) is 4. The van der Waals surface area contributed by atoms with Crippen molar-refractivity contribution in [3.05, 3.63) is 36.0 Å². The maximum atomic E-state index is 9.82. The first-order valence-corrected chi connectivity index (χ1v) is 7.22. The van der Waals surface area contributed by atoms with E-state index in [4.69, 9.17) is 4.74 Å². The van der Waals surface area contributed by atoms with Gasteiger partial charge in [0.2, 0.25) is 0 Å². The Labute approximate surface area is 126 Å². The molecule has 1 heterocycles. The normalized spacial score (nSPS) is 12.1. The van der Waals surface area contributed by atoms with Crippen LogP contribution < -0.4 is 4.74 Å². The average molecular weight is 288 g/mol. The summed E-state index contributed by atoms with van der Waals surface area (Å²) >= 11 is 0. The van der Waals surface area contributed by atoms with Crippen LogP contribution in [0.3, 0.4) is 0 Å². The van der Waals surface area contributed by atoms with Crippen molar-refractivity contribution in [3.63, 3.8) is 0 Å². The van der Waals surface area contributed by atoms with E-state index < -0.39 is 5.60 Å². The molecule has 0 unspecified atom stereocenters. The molecule has 1 N–H and O–H groups in total. The molecule has 0 fully saturated rings. The standard InChI is InChI=1S/C17H24N2O2/c1-17(2,20)9-11-19(3)12-13-7-8-15(21-4)16-14(13)6-5-10-18-16/h5-8,10,20H,9,11-12H2,1-4H3. The van der Waals surface area contributed by atoms with Crippen LogP contribution in [0.15, 0.2) is 30.5 Å². The summed E-state index contributed by atoms with van der Waals surface area (Å²) in [6.45, 7) is 5.35. The number of ether oxygens (including phenoxy) is 1. The van der Waals surface area contributed by atoms with Crippen LogP contribution in [0.2, 0.25) is 0 Å². The molecule has 0 bridgehead atoms. The van der Waals surface area contributed by atoms with Gasteiger partial charge in [-0.1, -0.05) is 12.1 Å². The Morgan fingerprint density at radius 1 is 1.29 bits per heavy atom. The monoisotopic (exact) mass is 288 g/mol. The molecule has 0 atom stereocenters. The predicted octanol–water partition coefficient (Wildman–Crippen LogP) is 2.84. The summed E-state index contributed by atoms with van der Waals surface area (Å²) in [7, 11) is 3.73. The predicted molar refractivity (Wildman–Crippen MR) is 85.5 cm³/mol. The van der Waals surface area contributed by atoms with E-state index in [0.29, 0.717) is 0 Å². The summed E-state index contributed by atoms with van der Waals surface area (Å²) < 4.78 is 5.37. The summed E-state index contributed by atoms with van der Waals surface area (Å²) in [5.74, 6) is 0.800. The second kappa shape index (κ2) is 6.41. The van der Waals surface area contributed by atoms with Crippen molar-refractivity contribution < 1.29 is 9.84 Å². The Morgan fingerprint density at radius 3 is 2.71 bits per heavy atom. The third-order valence-corrected chi connectivity index (χ3v) is 3.59. The average Bonchev–Trinajstić information content (AvgIpc) is 2.45. The number of methoxy groups -OCH3 is 1. The number of aromatic nitrogens is 1. The molecule has 0 aliphatic carbocycles. The van der Waals surface area contributed by atoms with Gasteiger partial charge in [-0.15, -0.1) is 0 Å². The van der Waals surface area contributed by atoms with Crippen LogP contribution in [0.5, 0.6) is 5.75 Å². The van der Waals surface area contributed by atoms with Crippen molar-refractivity contribution in [3.8, 4) is 5.75 Å². The lowest BCUT2D eigenvalue weighted by molar-refractivity contribution is 0.0600. The number of fused-ring (bicyclic) bond motifs is 1. The van der Waals surface area contributed by atoms with E-state index in [-0.39, 0.29) is 0 Å². The molecule has 1 aromatic heterocycles. The quantitative estimate of drug-likeness (QED) is 0.888. The minimum absolute atomic E-state index is 0.627. The zero-order valence-electron chi connectivity index (χ0n) is 13.3. The van der Waals surface area contributed by atoms with Gasteiger partial charge in [0, 0.05) is 24.7 Å². The molecule has 0 amide bonds. The molecule has 2 aromatic rings. The largest absolute Gasteiger partial charge is 0.494 e. The van der Waals surface area contributed by atoms with E-state index in [0.717, 1.165) is 36.2 Å². The smallest absolute Gasteiger partial charge is 0.145 e. The molecular formula is C17H24N2O2. The highest BCUT2D eigenvalue weighted by atomic mass is 16.5. The van der Waals surface area contributed by atoms with Crippen LogP contribution in [0.4, 0.5) is 0 Å². The van der Waals surface area contributed by atoms with Gasteiger partial charge in [-0.05, 0) is 45.0 Å². The Morgan fingerprint density at radius 2 is 2.05 bits per heavy atom. The molecule has 0 aliphatic rings. The van der Waals surface area contributed by atoms with Crippen molar-refractivity contribution >= 4 is 10.9 Å². The van der Waals surface area contributed by atoms with E-state index in [9.17, 15) is 5.11 Å². The number of benzene rings is 1. The van der Waals surface area contributed by atoms with Gasteiger partial charge >= 0.3 is 0 Å². The van der Waals surface area contributed by atoms with Crippen molar-refractivity contribution in [2.24, 2.45) is 0 Å². The second-order valence-corrected chi connectivity index (χ2v) is 6.13. The maximum Gasteiger partial charge on any atom is 0.145 e. The van der Waals surface area contributed by atoms with Crippen LogP contribution in [-0.4, -0.2) is 41.3 Å². The second-order valence-electron chi connectivity index (χ2n) is 6.13. The summed E-state index contributed by atoms with van der Waals surface area (Å²) in [5.41, 5.74) is 1.49. The SMILES string of the molecule is COc1ccc(CN(C)CCC(C)(C)O)c2cccnc12. The van der Waals surface area contributed by atoms with Crippen molar-refractivity contribution in [2.75, 3.05) is 20.7 Å². The highest BCUT2D eigenvalue weighted by molar-refractivity contribution is 5.87. The van der Waals surface area contributed by atoms with Gasteiger partial charge in [-0.25, -0.2) is 0 Å². The fourth-order valence-electron chi connectivity index (χ4n) is 2.34. The van der Waals surface area contributed by atoms with Crippen LogP contribution >= 0.6 is 0 Å². The lowest BCUT2D eigenvalue weighted by Crippen LogP contribution is -2.28. The zero-order chi connectivity index (χ0) is 15.5. The van der Waals surface area contributed by atoms with E-state index in [2.05, 4.69) is 29.1 Å². The molecule has 4 heteroatoms. The third-order valence-electron chi connectivity index (χ3n) is 3.59. The van der Waals surface area contributed by atoms with Gasteiger partial charge in [-0.2, -0.15) is 0 Å². The van der Waals surface area contributed by atoms with Gasteiger partial charge in [0.05, 0.1) is 12.7 Å². The molecule has 0 radical (unpaired) electrons. The van der Waals surface area contributed by atoms with Crippen LogP contribution in [0.1, 0.15) is 25.8 Å². The molecule has 0 saturated carbocycles. The van der Waals surface area contributed by atoms with E-state index in [1.54, 1.807) is 13.3 Å². The highest BCUT2D eigenvalue weighted by Gasteiger charge is 2.14. The van der Waals surface area contributed by atoms with Gasteiger partial charge < -0.3 is 14.7 Å². The lowest BCUT2D eigenvalue weighted by Gasteiger charge is -2.23. The number of hydrogen-bond donors (Lipinski definition) is 1. The molecular weight excluding hydrogens is 264 g/mol. The summed E-state index contributed by atoms with van der Waals surface area (Å²) in [4.78, 5) is 6.64. The Hall–Kier alpha value is -1.65. The molecule has 0 spiro atoms. The number of nitrogens with zero attached hydrogens (tertiary/aromatic N) is 2.